The Morgan fingerprint density at radius 3 is 2.67 bits per heavy atom. The molecule has 0 amide bonds. The summed E-state index contributed by atoms with van der Waals surface area (Å²) in [5, 5.41) is 4.93. The molecule has 1 aromatic carbocycles. The van der Waals surface area contributed by atoms with Crippen molar-refractivity contribution in [1.29, 1.82) is 0 Å². The smallest absolute Gasteiger partial charge is 0.0641 e. The van der Waals surface area contributed by atoms with Crippen LogP contribution >= 0.6 is 0 Å². The number of aryl methyl sites for hydroxylation is 1. The van der Waals surface area contributed by atoms with E-state index in [1.165, 1.54) is 16.5 Å². The highest BCUT2D eigenvalue weighted by atomic mass is 16.5. The number of nitrogens with zero attached hydrogens (tertiary/aromatic N) is 1. The van der Waals surface area contributed by atoms with E-state index in [1.54, 1.807) is 7.11 Å². The Kier molecular flexibility index (Phi) is 5.43. The standard InChI is InChI=1S/C18H28N2O/c1-18(2,3)19-11-7-8-15-14-20(12-13-21-4)17-10-6-5-9-16(15)17/h5-6,9-10,14,19H,7-8,11-13H2,1-4H3. The Labute approximate surface area is 128 Å². The predicted molar refractivity (Wildman–Crippen MR) is 89.9 cm³/mol. The van der Waals surface area contributed by atoms with Gasteiger partial charge in [-0.05, 0) is 51.8 Å². The highest BCUT2D eigenvalue weighted by Crippen LogP contribution is 2.22. The van der Waals surface area contributed by atoms with Crippen molar-refractivity contribution in [2.75, 3.05) is 20.3 Å². The zero-order valence-corrected chi connectivity index (χ0v) is 13.8. The van der Waals surface area contributed by atoms with Crippen molar-refractivity contribution in [3.63, 3.8) is 0 Å². The molecule has 1 N–H and O–H groups in total. The van der Waals surface area contributed by atoms with Gasteiger partial charge in [0.1, 0.15) is 0 Å². The molecule has 0 unspecified atom stereocenters. The van der Waals surface area contributed by atoms with Crippen LogP contribution in [0.4, 0.5) is 0 Å². The van der Waals surface area contributed by atoms with Gasteiger partial charge in [0.2, 0.25) is 0 Å². The van der Waals surface area contributed by atoms with Gasteiger partial charge in [-0.15, -0.1) is 0 Å². The summed E-state index contributed by atoms with van der Waals surface area (Å²) in [5.41, 5.74) is 2.96. The third kappa shape index (κ3) is 4.58. The number of hydrogen-bond donors (Lipinski definition) is 1. The van der Waals surface area contributed by atoms with E-state index in [0.717, 1.165) is 32.5 Å². The number of aromatic nitrogens is 1. The molecule has 0 aliphatic heterocycles. The van der Waals surface area contributed by atoms with Crippen LogP contribution in [0.2, 0.25) is 0 Å². The van der Waals surface area contributed by atoms with E-state index in [2.05, 4.69) is 61.1 Å². The third-order valence-corrected chi connectivity index (χ3v) is 3.69. The Morgan fingerprint density at radius 1 is 1.19 bits per heavy atom. The van der Waals surface area contributed by atoms with Crippen molar-refractivity contribution < 1.29 is 4.74 Å². The van der Waals surface area contributed by atoms with Gasteiger partial charge in [-0.25, -0.2) is 0 Å². The van der Waals surface area contributed by atoms with Crippen LogP contribution in [0, 0.1) is 0 Å². The second-order valence-corrected chi connectivity index (χ2v) is 6.64. The quantitative estimate of drug-likeness (QED) is 0.788. The lowest BCUT2D eigenvalue weighted by atomic mass is 10.1. The normalized spacial score (nSPS) is 12.2. The molecule has 1 heterocycles. The van der Waals surface area contributed by atoms with E-state index in [0.29, 0.717) is 0 Å². The van der Waals surface area contributed by atoms with E-state index in [-0.39, 0.29) is 5.54 Å². The maximum Gasteiger partial charge on any atom is 0.0641 e. The summed E-state index contributed by atoms with van der Waals surface area (Å²) in [7, 11) is 1.75. The van der Waals surface area contributed by atoms with Crippen LogP contribution < -0.4 is 5.32 Å². The van der Waals surface area contributed by atoms with Crippen LogP contribution in [-0.4, -0.2) is 30.4 Å². The minimum Gasteiger partial charge on any atom is -0.383 e. The number of benzene rings is 1. The molecular weight excluding hydrogens is 260 g/mol. The zero-order chi connectivity index (χ0) is 15.3. The number of fused-ring (bicyclic) bond motifs is 1. The molecule has 3 nitrogen and oxygen atoms in total. The molecule has 21 heavy (non-hydrogen) atoms. The van der Waals surface area contributed by atoms with Gasteiger partial charge in [-0.2, -0.15) is 0 Å². The third-order valence-electron chi connectivity index (χ3n) is 3.69. The summed E-state index contributed by atoms with van der Waals surface area (Å²) in [6.07, 6.45) is 4.57. The monoisotopic (exact) mass is 288 g/mol. The molecule has 3 heteroatoms. The summed E-state index contributed by atoms with van der Waals surface area (Å²) in [6.45, 7) is 9.36. The van der Waals surface area contributed by atoms with Crippen molar-refractivity contribution in [3.05, 3.63) is 36.0 Å². The summed E-state index contributed by atoms with van der Waals surface area (Å²) < 4.78 is 7.52. The first-order valence-corrected chi connectivity index (χ1v) is 7.82. The summed E-state index contributed by atoms with van der Waals surface area (Å²) in [6, 6.07) is 8.66. The van der Waals surface area contributed by atoms with Crippen LogP contribution in [0.1, 0.15) is 32.8 Å². The second kappa shape index (κ2) is 7.10. The van der Waals surface area contributed by atoms with E-state index in [9.17, 15) is 0 Å². The summed E-state index contributed by atoms with van der Waals surface area (Å²) in [4.78, 5) is 0. The zero-order valence-electron chi connectivity index (χ0n) is 13.8. The molecule has 0 aliphatic carbocycles. The fraction of sp³-hybridized carbons (Fsp3) is 0.556. The van der Waals surface area contributed by atoms with Crippen molar-refractivity contribution in [2.45, 2.75) is 45.7 Å². The molecule has 0 fully saturated rings. The van der Waals surface area contributed by atoms with Crippen molar-refractivity contribution in [3.8, 4) is 0 Å². The van der Waals surface area contributed by atoms with Gasteiger partial charge in [0.25, 0.3) is 0 Å². The fourth-order valence-corrected chi connectivity index (χ4v) is 2.64. The topological polar surface area (TPSA) is 26.2 Å². The van der Waals surface area contributed by atoms with Crippen molar-refractivity contribution in [1.82, 2.24) is 9.88 Å². The molecule has 116 valence electrons. The molecular formula is C18H28N2O. The SMILES string of the molecule is COCCn1cc(CCCNC(C)(C)C)c2ccccc21. The number of rotatable bonds is 7. The average Bonchev–Trinajstić information content (AvgIpc) is 2.79. The molecule has 2 rings (SSSR count). The lowest BCUT2D eigenvalue weighted by Crippen LogP contribution is -2.36. The van der Waals surface area contributed by atoms with Gasteiger partial charge in [-0.3, -0.25) is 0 Å². The Balaban J connectivity index is 2.05. The van der Waals surface area contributed by atoms with Crippen molar-refractivity contribution in [2.24, 2.45) is 0 Å². The highest BCUT2D eigenvalue weighted by molar-refractivity contribution is 5.83. The minimum absolute atomic E-state index is 0.201. The largest absolute Gasteiger partial charge is 0.383 e. The van der Waals surface area contributed by atoms with Gasteiger partial charge in [0.05, 0.1) is 6.61 Å². The van der Waals surface area contributed by atoms with Crippen LogP contribution in [-0.2, 0) is 17.7 Å². The number of hydrogen-bond acceptors (Lipinski definition) is 2. The first kappa shape index (κ1) is 16.1. The van der Waals surface area contributed by atoms with Crippen molar-refractivity contribution >= 4 is 10.9 Å². The average molecular weight is 288 g/mol. The van der Waals surface area contributed by atoms with Crippen LogP contribution in [0.15, 0.2) is 30.5 Å². The lowest BCUT2D eigenvalue weighted by molar-refractivity contribution is 0.188. The van der Waals surface area contributed by atoms with E-state index >= 15 is 0 Å². The molecule has 0 spiro atoms. The molecule has 0 saturated heterocycles. The van der Waals surface area contributed by atoms with Gasteiger partial charge in [-0.1, -0.05) is 18.2 Å². The molecule has 0 bridgehead atoms. The molecule has 0 saturated carbocycles. The van der Waals surface area contributed by atoms with Crippen LogP contribution in [0.3, 0.4) is 0 Å². The number of methoxy groups -OCH3 is 1. The molecule has 0 aliphatic rings. The van der Waals surface area contributed by atoms with Crippen LogP contribution in [0.5, 0.6) is 0 Å². The van der Waals surface area contributed by atoms with E-state index in [1.807, 2.05) is 0 Å². The van der Waals surface area contributed by atoms with Gasteiger partial charge in [0.15, 0.2) is 0 Å². The summed E-state index contributed by atoms with van der Waals surface area (Å²) >= 11 is 0. The van der Waals surface area contributed by atoms with Gasteiger partial charge >= 0.3 is 0 Å². The Morgan fingerprint density at radius 2 is 1.95 bits per heavy atom. The number of para-hydroxylation sites is 1. The number of ether oxygens (including phenoxy) is 1. The molecule has 0 radical (unpaired) electrons. The number of nitrogens with one attached hydrogen (secondary N) is 1. The van der Waals surface area contributed by atoms with Crippen LogP contribution in [0.25, 0.3) is 10.9 Å². The minimum atomic E-state index is 0.201. The van der Waals surface area contributed by atoms with Gasteiger partial charge < -0.3 is 14.6 Å². The molecule has 1 aromatic heterocycles. The Bertz CT molecular complexity index is 566. The lowest BCUT2D eigenvalue weighted by Gasteiger charge is -2.20. The van der Waals surface area contributed by atoms with E-state index in [4.69, 9.17) is 4.74 Å². The summed E-state index contributed by atoms with van der Waals surface area (Å²) in [5.74, 6) is 0. The maximum absolute atomic E-state index is 5.21. The maximum atomic E-state index is 5.21. The first-order chi connectivity index (χ1) is 10.0. The van der Waals surface area contributed by atoms with Gasteiger partial charge in [0, 0.05) is 36.3 Å². The Hall–Kier alpha value is -1.32. The van der Waals surface area contributed by atoms with E-state index < -0.39 is 0 Å². The predicted octanol–water partition coefficient (Wildman–Crippen LogP) is 3.61. The molecule has 0 atom stereocenters. The fourth-order valence-electron chi connectivity index (χ4n) is 2.64. The second-order valence-electron chi connectivity index (χ2n) is 6.64. The highest BCUT2D eigenvalue weighted by Gasteiger charge is 2.10. The first-order valence-electron chi connectivity index (χ1n) is 7.82. The molecule has 2 aromatic rings.